The van der Waals surface area contributed by atoms with E-state index in [0.29, 0.717) is 31.5 Å². The van der Waals surface area contributed by atoms with E-state index in [9.17, 15) is 18.7 Å². The molecule has 7 heteroatoms. The molecule has 1 amide bonds. The van der Waals surface area contributed by atoms with Gasteiger partial charge < -0.3 is 10.0 Å². The van der Waals surface area contributed by atoms with Crippen LogP contribution in [0.2, 0.25) is 0 Å². The molecule has 2 aliphatic heterocycles. The number of carbonyl (C=O) groups is 1. The Labute approximate surface area is 140 Å². The van der Waals surface area contributed by atoms with Gasteiger partial charge >= 0.3 is 0 Å². The van der Waals surface area contributed by atoms with Crippen molar-refractivity contribution in [2.45, 2.75) is 44.2 Å². The van der Waals surface area contributed by atoms with Gasteiger partial charge in [0.05, 0.1) is 18.7 Å². The highest BCUT2D eigenvalue weighted by Crippen LogP contribution is 2.35. The molecule has 5 nitrogen and oxygen atoms in total. The fraction of sp³-hybridized carbons (Fsp3) is 0.647. The zero-order valence-corrected chi connectivity index (χ0v) is 13.8. The van der Waals surface area contributed by atoms with Crippen LogP contribution in [-0.4, -0.2) is 70.0 Å². The quantitative estimate of drug-likeness (QED) is 0.911. The molecule has 1 atom stereocenters. The zero-order chi connectivity index (χ0) is 17.3. The van der Waals surface area contributed by atoms with E-state index in [1.54, 1.807) is 28.3 Å². The monoisotopic (exact) mass is 339 g/mol. The molecule has 24 heavy (non-hydrogen) atoms. The number of halogens is 2. The van der Waals surface area contributed by atoms with Crippen LogP contribution in [0.4, 0.5) is 8.78 Å². The molecule has 1 N–H and O–H groups in total. The molecule has 3 heterocycles. The number of aliphatic hydroxyl groups excluding tert-OH is 1. The van der Waals surface area contributed by atoms with Crippen LogP contribution >= 0.6 is 0 Å². The van der Waals surface area contributed by atoms with Crippen LogP contribution < -0.4 is 0 Å². The summed E-state index contributed by atoms with van der Waals surface area (Å²) in [6, 6.07) is 1.32. The molecule has 2 fully saturated rings. The Morgan fingerprint density at radius 1 is 1.42 bits per heavy atom. The van der Waals surface area contributed by atoms with Crippen molar-refractivity contribution in [2.24, 2.45) is 0 Å². The average molecular weight is 339 g/mol. The summed E-state index contributed by atoms with van der Waals surface area (Å²) in [5.74, 6) is -2.78. The smallest absolute Gasteiger partial charge is 0.262 e. The normalized spacial score (nSPS) is 25.2. The minimum absolute atomic E-state index is 0.00503. The number of alkyl halides is 2. The van der Waals surface area contributed by atoms with Gasteiger partial charge in [0.2, 0.25) is 0 Å². The number of piperidine rings is 1. The van der Waals surface area contributed by atoms with E-state index in [4.69, 9.17) is 0 Å². The predicted octanol–water partition coefficient (Wildman–Crippen LogP) is 1.70. The van der Waals surface area contributed by atoms with Gasteiger partial charge in [0, 0.05) is 44.0 Å². The molecule has 0 bridgehead atoms. The van der Waals surface area contributed by atoms with Crippen LogP contribution in [0.3, 0.4) is 0 Å². The third-order valence-electron chi connectivity index (χ3n) is 5.12. The lowest BCUT2D eigenvalue weighted by molar-refractivity contribution is 0.00296. The highest BCUT2D eigenvalue weighted by Gasteiger charge is 2.47. The van der Waals surface area contributed by atoms with Gasteiger partial charge in [-0.2, -0.15) is 0 Å². The van der Waals surface area contributed by atoms with E-state index in [2.05, 4.69) is 4.98 Å². The van der Waals surface area contributed by atoms with E-state index in [1.165, 1.54) is 0 Å². The summed E-state index contributed by atoms with van der Waals surface area (Å²) in [6.45, 7) is 2.41. The molecule has 3 rings (SSSR count). The lowest BCUT2D eigenvalue weighted by Gasteiger charge is -2.38. The van der Waals surface area contributed by atoms with Crippen LogP contribution in [0.5, 0.6) is 0 Å². The van der Waals surface area contributed by atoms with Gasteiger partial charge in [0.15, 0.2) is 0 Å². The first kappa shape index (κ1) is 17.2. The minimum atomic E-state index is -2.73. The maximum Gasteiger partial charge on any atom is 0.262 e. The summed E-state index contributed by atoms with van der Waals surface area (Å²) in [6.07, 6.45) is 4.25. The molecule has 0 radical (unpaired) electrons. The third-order valence-corrected chi connectivity index (χ3v) is 5.12. The fourth-order valence-corrected chi connectivity index (χ4v) is 3.78. The van der Waals surface area contributed by atoms with Crippen molar-refractivity contribution in [3.63, 3.8) is 0 Å². The summed E-state index contributed by atoms with van der Waals surface area (Å²) in [4.78, 5) is 20.1. The van der Waals surface area contributed by atoms with E-state index in [0.717, 1.165) is 5.56 Å². The topological polar surface area (TPSA) is 56.7 Å². The summed E-state index contributed by atoms with van der Waals surface area (Å²) < 4.78 is 27.3. The predicted molar refractivity (Wildman–Crippen MR) is 85.0 cm³/mol. The van der Waals surface area contributed by atoms with Crippen molar-refractivity contribution in [3.05, 3.63) is 29.6 Å². The number of aromatic nitrogens is 1. The number of likely N-dealkylation sites (tertiary alicyclic amines) is 2. The van der Waals surface area contributed by atoms with Gasteiger partial charge in [-0.15, -0.1) is 0 Å². The summed E-state index contributed by atoms with van der Waals surface area (Å²) in [7, 11) is 0. The Bertz CT molecular complexity index is 603. The number of pyridine rings is 1. The van der Waals surface area contributed by atoms with Crippen molar-refractivity contribution >= 4 is 5.91 Å². The van der Waals surface area contributed by atoms with Crippen molar-refractivity contribution < 1.29 is 18.7 Å². The van der Waals surface area contributed by atoms with Crippen LogP contribution in [0, 0.1) is 6.92 Å². The Morgan fingerprint density at radius 2 is 2.12 bits per heavy atom. The maximum atomic E-state index is 13.6. The second kappa shape index (κ2) is 6.72. The standard InChI is InChI=1S/C17H23F2N3O2/c1-12-2-5-20-9-15(12)16(24)21-6-3-13(4-7-21)22-11-17(18,19)8-14(22)10-23/h2,5,9,13-14,23H,3-4,6-8,10-11H2,1H3/t14-/m0/s1. The number of hydrogen-bond acceptors (Lipinski definition) is 4. The minimum Gasteiger partial charge on any atom is -0.395 e. The lowest BCUT2D eigenvalue weighted by atomic mass is 10.0. The largest absolute Gasteiger partial charge is 0.395 e. The Kier molecular flexibility index (Phi) is 4.83. The van der Waals surface area contributed by atoms with Crippen molar-refractivity contribution in [3.8, 4) is 0 Å². The van der Waals surface area contributed by atoms with Crippen LogP contribution in [0.15, 0.2) is 18.5 Å². The molecule has 0 spiro atoms. The number of amides is 1. The van der Waals surface area contributed by atoms with E-state index in [-0.39, 0.29) is 31.5 Å². The van der Waals surface area contributed by atoms with Crippen molar-refractivity contribution in [1.82, 2.24) is 14.8 Å². The molecule has 1 aromatic rings. The van der Waals surface area contributed by atoms with E-state index < -0.39 is 12.0 Å². The molecule has 0 aromatic carbocycles. The van der Waals surface area contributed by atoms with Crippen LogP contribution in [0.1, 0.15) is 35.2 Å². The molecule has 0 unspecified atom stereocenters. The van der Waals surface area contributed by atoms with Crippen LogP contribution in [-0.2, 0) is 0 Å². The highest BCUT2D eigenvalue weighted by atomic mass is 19.3. The molecule has 0 saturated carbocycles. The number of aliphatic hydroxyl groups is 1. The van der Waals surface area contributed by atoms with Gasteiger partial charge in [-0.3, -0.25) is 14.7 Å². The van der Waals surface area contributed by atoms with Crippen molar-refractivity contribution in [2.75, 3.05) is 26.2 Å². The zero-order valence-electron chi connectivity index (χ0n) is 13.8. The maximum absolute atomic E-state index is 13.6. The molecule has 132 valence electrons. The summed E-state index contributed by atoms with van der Waals surface area (Å²) in [5.41, 5.74) is 1.48. The lowest BCUT2D eigenvalue weighted by Crippen LogP contribution is -2.49. The number of nitrogens with zero attached hydrogens (tertiary/aromatic N) is 3. The number of hydrogen-bond donors (Lipinski definition) is 1. The van der Waals surface area contributed by atoms with Crippen LogP contribution in [0.25, 0.3) is 0 Å². The van der Waals surface area contributed by atoms with Gasteiger partial charge in [-0.05, 0) is 31.4 Å². The number of carbonyl (C=O) groups excluding carboxylic acids is 1. The van der Waals surface area contributed by atoms with E-state index >= 15 is 0 Å². The highest BCUT2D eigenvalue weighted by molar-refractivity contribution is 5.95. The Balaban J connectivity index is 1.62. The number of aryl methyl sites for hydroxylation is 1. The third kappa shape index (κ3) is 3.42. The van der Waals surface area contributed by atoms with Gasteiger partial charge in [-0.1, -0.05) is 0 Å². The molecule has 2 aliphatic rings. The summed E-state index contributed by atoms with van der Waals surface area (Å²) in [5, 5.41) is 9.37. The first-order chi connectivity index (χ1) is 11.4. The Hall–Kier alpha value is -1.60. The fourth-order valence-electron chi connectivity index (χ4n) is 3.78. The average Bonchev–Trinajstić information content (AvgIpc) is 2.90. The van der Waals surface area contributed by atoms with Gasteiger partial charge in [-0.25, -0.2) is 8.78 Å². The first-order valence-electron chi connectivity index (χ1n) is 8.35. The van der Waals surface area contributed by atoms with Crippen molar-refractivity contribution in [1.29, 1.82) is 0 Å². The molecule has 0 aliphatic carbocycles. The molecular weight excluding hydrogens is 316 g/mol. The Morgan fingerprint density at radius 3 is 2.75 bits per heavy atom. The molecular formula is C17H23F2N3O2. The molecule has 1 aromatic heterocycles. The second-order valence-electron chi connectivity index (χ2n) is 6.78. The second-order valence-corrected chi connectivity index (χ2v) is 6.78. The van der Waals surface area contributed by atoms with Gasteiger partial charge in [0.25, 0.3) is 11.8 Å². The van der Waals surface area contributed by atoms with Gasteiger partial charge in [0.1, 0.15) is 0 Å². The number of rotatable bonds is 3. The molecule has 2 saturated heterocycles. The summed E-state index contributed by atoms with van der Waals surface area (Å²) >= 11 is 0. The van der Waals surface area contributed by atoms with E-state index in [1.807, 2.05) is 6.92 Å². The first-order valence-corrected chi connectivity index (χ1v) is 8.35. The SMILES string of the molecule is Cc1ccncc1C(=O)N1CCC(N2CC(F)(F)C[C@H]2CO)CC1.